The van der Waals surface area contributed by atoms with Crippen molar-refractivity contribution in [2.24, 2.45) is 4.99 Å². The van der Waals surface area contributed by atoms with Gasteiger partial charge in [-0.25, -0.2) is 4.68 Å². The van der Waals surface area contributed by atoms with Crippen LogP contribution in [0.4, 0.5) is 0 Å². The van der Waals surface area contributed by atoms with Gasteiger partial charge in [0.05, 0.1) is 37.7 Å². The third kappa shape index (κ3) is 6.76. The number of benzene rings is 1. The van der Waals surface area contributed by atoms with Crippen LogP contribution in [0.15, 0.2) is 41.5 Å². The first kappa shape index (κ1) is 21.1. The molecule has 8 nitrogen and oxygen atoms in total. The fraction of sp³-hybridized carbons (Fsp3) is 0.524. The summed E-state index contributed by atoms with van der Waals surface area (Å²) < 4.78 is 18.3. The molecule has 1 unspecified atom stereocenters. The van der Waals surface area contributed by atoms with Crippen LogP contribution in [0.25, 0.3) is 5.69 Å². The van der Waals surface area contributed by atoms with E-state index in [0.717, 1.165) is 62.1 Å². The summed E-state index contributed by atoms with van der Waals surface area (Å²) in [5.74, 6) is 1.58. The molecule has 0 radical (unpaired) electrons. The van der Waals surface area contributed by atoms with Crippen LogP contribution in [0.1, 0.15) is 25.0 Å². The van der Waals surface area contributed by atoms with Gasteiger partial charge in [-0.05, 0) is 49.6 Å². The number of aliphatic imine (C=N–C) groups is 1. The van der Waals surface area contributed by atoms with E-state index in [2.05, 4.69) is 20.7 Å². The Bertz CT molecular complexity index is 754. The van der Waals surface area contributed by atoms with E-state index in [-0.39, 0.29) is 6.10 Å². The Morgan fingerprint density at radius 1 is 1.28 bits per heavy atom. The minimum atomic E-state index is 0.287. The highest BCUT2D eigenvalue weighted by Gasteiger charge is 2.14. The molecule has 1 aliphatic rings. The molecule has 1 saturated heterocycles. The molecule has 0 aliphatic carbocycles. The molecule has 1 aromatic heterocycles. The zero-order valence-corrected chi connectivity index (χ0v) is 17.3. The molecule has 2 heterocycles. The Balaban J connectivity index is 1.34. The van der Waals surface area contributed by atoms with Crippen LogP contribution in [0.2, 0.25) is 0 Å². The molecule has 158 valence electrons. The fourth-order valence-electron chi connectivity index (χ4n) is 3.10. The lowest BCUT2D eigenvalue weighted by Gasteiger charge is -2.12. The van der Waals surface area contributed by atoms with Crippen LogP contribution in [0.3, 0.4) is 0 Å². The summed E-state index contributed by atoms with van der Waals surface area (Å²) in [4.78, 5) is 4.25. The van der Waals surface area contributed by atoms with E-state index in [1.807, 2.05) is 41.2 Å². The third-order valence-corrected chi connectivity index (χ3v) is 4.73. The lowest BCUT2D eigenvalue weighted by Crippen LogP contribution is -2.37. The number of guanidine groups is 1. The molecule has 0 saturated carbocycles. The molecule has 8 heteroatoms. The Kier molecular flexibility index (Phi) is 8.33. The molecule has 2 aromatic rings. The van der Waals surface area contributed by atoms with Crippen molar-refractivity contribution in [3.8, 4) is 11.4 Å². The van der Waals surface area contributed by atoms with Crippen LogP contribution in [-0.4, -0.2) is 62.4 Å². The monoisotopic (exact) mass is 401 g/mol. The Morgan fingerprint density at radius 3 is 2.86 bits per heavy atom. The predicted molar refractivity (Wildman–Crippen MR) is 113 cm³/mol. The second kappa shape index (κ2) is 11.4. The van der Waals surface area contributed by atoms with Crippen molar-refractivity contribution >= 4 is 5.96 Å². The van der Waals surface area contributed by atoms with Gasteiger partial charge in [0, 0.05) is 33.0 Å². The number of ether oxygens (including phenoxy) is 3. The van der Waals surface area contributed by atoms with Gasteiger partial charge in [0.25, 0.3) is 0 Å². The quantitative estimate of drug-likeness (QED) is 0.361. The summed E-state index contributed by atoms with van der Waals surface area (Å²) in [5.41, 5.74) is 1.92. The molecule has 0 amide bonds. The van der Waals surface area contributed by atoms with Gasteiger partial charge < -0.3 is 24.8 Å². The summed E-state index contributed by atoms with van der Waals surface area (Å²) >= 11 is 0. The minimum absolute atomic E-state index is 0.287. The highest BCUT2D eigenvalue weighted by atomic mass is 16.5. The molecule has 2 N–H and O–H groups in total. The topological polar surface area (TPSA) is 81.9 Å². The molecule has 0 spiro atoms. The van der Waals surface area contributed by atoms with Crippen LogP contribution < -0.4 is 15.4 Å². The summed E-state index contributed by atoms with van der Waals surface area (Å²) in [6.07, 6.45) is 5.41. The number of nitrogens with zero attached hydrogens (tertiary/aromatic N) is 3. The number of nitrogens with one attached hydrogen (secondary N) is 2. The van der Waals surface area contributed by atoms with Crippen molar-refractivity contribution in [1.29, 1.82) is 0 Å². The smallest absolute Gasteiger partial charge is 0.191 e. The maximum Gasteiger partial charge on any atom is 0.191 e. The van der Waals surface area contributed by atoms with E-state index in [1.54, 1.807) is 14.2 Å². The average Bonchev–Trinajstić information content (AvgIpc) is 3.45. The van der Waals surface area contributed by atoms with Gasteiger partial charge in [-0.3, -0.25) is 4.99 Å². The Hall–Kier alpha value is -2.58. The summed E-state index contributed by atoms with van der Waals surface area (Å²) in [6.45, 7) is 3.68. The highest BCUT2D eigenvalue weighted by Crippen LogP contribution is 2.14. The van der Waals surface area contributed by atoms with Crippen LogP contribution >= 0.6 is 0 Å². The summed E-state index contributed by atoms with van der Waals surface area (Å²) in [5, 5.41) is 11.2. The maximum absolute atomic E-state index is 5.68. The average molecular weight is 402 g/mol. The first-order valence-corrected chi connectivity index (χ1v) is 10.1. The van der Waals surface area contributed by atoms with Gasteiger partial charge >= 0.3 is 0 Å². The van der Waals surface area contributed by atoms with E-state index < -0.39 is 0 Å². The van der Waals surface area contributed by atoms with Gasteiger partial charge in [-0.15, -0.1) is 0 Å². The number of hydrogen-bond donors (Lipinski definition) is 2. The van der Waals surface area contributed by atoms with Crippen LogP contribution in [-0.2, 0) is 16.0 Å². The predicted octanol–water partition coefficient (Wildman–Crippen LogP) is 2.13. The number of rotatable bonds is 10. The number of hydrogen-bond acceptors (Lipinski definition) is 5. The lowest BCUT2D eigenvalue weighted by atomic mass is 10.2. The van der Waals surface area contributed by atoms with Gasteiger partial charge in [-0.2, -0.15) is 5.10 Å². The zero-order chi connectivity index (χ0) is 20.3. The molecule has 29 heavy (non-hydrogen) atoms. The maximum atomic E-state index is 5.68. The lowest BCUT2D eigenvalue weighted by molar-refractivity contribution is 0.0168. The molecule has 1 fully saturated rings. The van der Waals surface area contributed by atoms with Gasteiger partial charge in [0.2, 0.25) is 0 Å². The number of methoxy groups -OCH3 is 1. The zero-order valence-electron chi connectivity index (χ0n) is 17.3. The first-order chi connectivity index (χ1) is 14.3. The van der Waals surface area contributed by atoms with Gasteiger partial charge in [0.1, 0.15) is 5.75 Å². The van der Waals surface area contributed by atoms with E-state index >= 15 is 0 Å². The first-order valence-electron chi connectivity index (χ1n) is 10.1. The van der Waals surface area contributed by atoms with E-state index in [9.17, 15) is 0 Å². The highest BCUT2D eigenvalue weighted by molar-refractivity contribution is 5.79. The Labute approximate surface area is 172 Å². The van der Waals surface area contributed by atoms with E-state index in [4.69, 9.17) is 14.2 Å². The van der Waals surface area contributed by atoms with Crippen LogP contribution in [0.5, 0.6) is 5.75 Å². The normalized spacial score (nSPS) is 16.8. The van der Waals surface area contributed by atoms with Crippen molar-refractivity contribution in [3.63, 3.8) is 0 Å². The molecular weight excluding hydrogens is 370 g/mol. The molecule has 1 aromatic carbocycles. The van der Waals surface area contributed by atoms with Gasteiger partial charge in [-0.1, -0.05) is 0 Å². The molecule has 1 aliphatic heterocycles. The number of aromatic nitrogens is 2. The summed E-state index contributed by atoms with van der Waals surface area (Å²) in [7, 11) is 3.42. The fourth-order valence-corrected chi connectivity index (χ4v) is 3.10. The summed E-state index contributed by atoms with van der Waals surface area (Å²) in [6, 6.07) is 9.79. The van der Waals surface area contributed by atoms with Crippen molar-refractivity contribution in [2.75, 3.05) is 40.5 Å². The van der Waals surface area contributed by atoms with E-state index in [1.165, 1.54) is 0 Å². The van der Waals surface area contributed by atoms with Crippen molar-refractivity contribution in [3.05, 3.63) is 42.2 Å². The molecular formula is C21H31N5O3. The van der Waals surface area contributed by atoms with E-state index in [0.29, 0.717) is 13.2 Å². The molecule has 3 rings (SSSR count). The van der Waals surface area contributed by atoms with Crippen molar-refractivity contribution < 1.29 is 14.2 Å². The molecule has 0 bridgehead atoms. The molecule has 1 atom stereocenters. The van der Waals surface area contributed by atoms with Crippen molar-refractivity contribution in [1.82, 2.24) is 20.4 Å². The third-order valence-electron chi connectivity index (χ3n) is 4.73. The van der Waals surface area contributed by atoms with Gasteiger partial charge in [0.15, 0.2) is 5.96 Å². The van der Waals surface area contributed by atoms with Crippen LogP contribution in [0, 0.1) is 0 Å². The Morgan fingerprint density at radius 2 is 2.14 bits per heavy atom. The largest absolute Gasteiger partial charge is 0.497 e. The minimum Gasteiger partial charge on any atom is -0.497 e. The second-order valence-corrected chi connectivity index (χ2v) is 6.87. The van der Waals surface area contributed by atoms with Crippen molar-refractivity contribution in [2.45, 2.75) is 31.9 Å². The second-order valence-electron chi connectivity index (χ2n) is 6.87. The SMILES string of the molecule is CN=C(NCCCOCC1CCCO1)NCc1ccn(-c2ccc(OC)cc2)n1. The standard InChI is InChI=1S/C21H31N5O3/c1-22-21(23-11-4-13-28-16-20-5-3-14-29-20)24-15-17-10-12-26(25-17)18-6-8-19(27-2)9-7-18/h6-10,12,20H,3-5,11,13-16H2,1-2H3,(H2,22,23,24).